The van der Waals surface area contributed by atoms with E-state index in [0.29, 0.717) is 33.2 Å². The number of carbonyl (C=O) groups is 2. The lowest BCUT2D eigenvalue weighted by Gasteiger charge is -2.13. The van der Waals surface area contributed by atoms with Crippen LogP contribution in [0.1, 0.15) is 34.3 Å². The minimum Gasteiger partial charge on any atom is -0.465 e. The summed E-state index contributed by atoms with van der Waals surface area (Å²) in [6, 6.07) is 13.9. The smallest absolute Gasteiger partial charge is 0.327 e. The monoisotopic (exact) mass is 372 g/mol. The molecule has 6 nitrogen and oxygen atoms in total. The highest BCUT2D eigenvalue weighted by molar-refractivity contribution is 6.26. The maximum atomic E-state index is 13.0. The van der Waals surface area contributed by atoms with Crippen LogP contribution in [0.5, 0.6) is 0 Å². The van der Waals surface area contributed by atoms with E-state index in [1.807, 2.05) is 18.2 Å². The SMILES string of the molecule is CCOC(=O)C(C#N)c1ccc2c3c(n(C)c(=O)c2c1)-c1ccccc1C3=O. The van der Waals surface area contributed by atoms with Crippen molar-refractivity contribution in [3.05, 3.63) is 69.5 Å². The van der Waals surface area contributed by atoms with E-state index in [1.165, 1.54) is 10.6 Å². The van der Waals surface area contributed by atoms with Gasteiger partial charge in [-0.2, -0.15) is 5.26 Å². The summed E-state index contributed by atoms with van der Waals surface area (Å²) in [6.07, 6.45) is 0. The third kappa shape index (κ3) is 2.37. The Morgan fingerprint density at radius 3 is 2.54 bits per heavy atom. The zero-order valence-electron chi connectivity index (χ0n) is 15.4. The molecule has 0 saturated carbocycles. The fourth-order valence-electron chi connectivity index (χ4n) is 3.77. The van der Waals surface area contributed by atoms with E-state index in [4.69, 9.17) is 4.74 Å². The average molecular weight is 372 g/mol. The first kappa shape index (κ1) is 17.7. The summed E-state index contributed by atoms with van der Waals surface area (Å²) in [6.45, 7) is 1.82. The highest BCUT2D eigenvalue weighted by Crippen LogP contribution is 2.39. The number of carbonyl (C=O) groups excluding carboxylic acids is 2. The van der Waals surface area contributed by atoms with Crippen molar-refractivity contribution < 1.29 is 14.3 Å². The number of hydrogen-bond donors (Lipinski definition) is 0. The van der Waals surface area contributed by atoms with Crippen molar-refractivity contribution in [1.29, 1.82) is 5.26 Å². The van der Waals surface area contributed by atoms with E-state index in [0.717, 1.165) is 5.56 Å². The number of ketones is 1. The van der Waals surface area contributed by atoms with Crippen molar-refractivity contribution in [2.75, 3.05) is 6.61 Å². The van der Waals surface area contributed by atoms with E-state index >= 15 is 0 Å². The van der Waals surface area contributed by atoms with Crippen LogP contribution in [-0.2, 0) is 16.6 Å². The summed E-state index contributed by atoms with van der Waals surface area (Å²) < 4.78 is 6.41. The van der Waals surface area contributed by atoms with Gasteiger partial charge in [-0.3, -0.25) is 14.4 Å². The summed E-state index contributed by atoms with van der Waals surface area (Å²) in [5.41, 5.74) is 2.43. The van der Waals surface area contributed by atoms with Crippen molar-refractivity contribution in [1.82, 2.24) is 4.57 Å². The number of benzene rings is 2. The fraction of sp³-hybridized carbons (Fsp3) is 0.182. The van der Waals surface area contributed by atoms with Gasteiger partial charge in [0, 0.05) is 28.9 Å². The third-order valence-corrected chi connectivity index (χ3v) is 5.06. The van der Waals surface area contributed by atoms with Gasteiger partial charge in [0.25, 0.3) is 5.56 Å². The number of nitrogens with zero attached hydrogens (tertiary/aromatic N) is 2. The van der Waals surface area contributed by atoms with Crippen LogP contribution in [0, 0.1) is 11.3 Å². The first-order valence-electron chi connectivity index (χ1n) is 8.86. The minimum absolute atomic E-state index is 0.138. The normalized spacial score (nSPS) is 13.0. The Morgan fingerprint density at radius 1 is 1.14 bits per heavy atom. The Balaban J connectivity index is 1.99. The molecular formula is C22H16N2O4. The molecule has 28 heavy (non-hydrogen) atoms. The molecule has 1 unspecified atom stereocenters. The molecule has 1 aliphatic rings. The molecule has 0 radical (unpaired) electrons. The van der Waals surface area contributed by atoms with E-state index in [9.17, 15) is 19.6 Å². The second kappa shape index (κ2) is 6.46. The molecule has 1 aliphatic carbocycles. The van der Waals surface area contributed by atoms with Gasteiger partial charge in [-0.1, -0.05) is 36.4 Å². The molecule has 4 rings (SSSR count). The van der Waals surface area contributed by atoms with Gasteiger partial charge >= 0.3 is 5.97 Å². The number of hydrogen-bond acceptors (Lipinski definition) is 5. The molecular weight excluding hydrogens is 356 g/mol. The fourth-order valence-corrected chi connectivity index (χ4v) is 3.77. The van der Waals surface area contributed by atoms with E-state index < -0.39 is 11.9 Å². The molecule has 0 amide bonds. The molecule has 1 aromatic heterocycles. The number of esters is 1. The predicted molar refractivity (Wildman–Crippen MR) is 103 cm³/mol. The molecule has 0 saturated heterocycles. The van der Waals surface area contributed by atoms with Crippen LogP contribution in [0.15, 0.2) is 47.3 Å². The van der Waals surface area contributed by atoms with E-state index in [-0.39, 0.29) is 17.9 Å². The van der Waals surface area contributed by atoms with Crippen LogP contribution in [0.2, 0.25) is 0 Å². The molecule has 1 atom stereocenters. The number of ether oxygens (including phenoxy) is 1. The van der Waals surface area contributed by atoms with Crippen LogP contribution in [0.25, 0.3) is 22.0 Å². The Labute approximate surface area is 160 Å². The summed E-state index contributed by atoms with van der Waals surface area (Å²) in [7, 11) is 1.62. The Bertz CT molecular complexity index is 1260. The standard InChI is InChI=1S/C22H16N2O4/c1-3-28-22(27)17(11-23)12-8-9-13-16(10-12)21(26)24(2)19-14-6-4-5-7-15(14)20(25)18(13)19/h4-10,17H,3H2,1-2H3. The highest BCUT2D eigenvalue weighted by atomic mass is 16.5. The van der Waals surface area contributed by atoms with Crippen LogP contribution in [0.4, 0.5) is 0 Å². The van der Waals surface area contributed by atoms with Crippen LogP contribution in [0.3, 0.4) is 0 Å². The second-order valence-corrected chi connectivity index (χ2v) is 6.58. The van der Waals surface area contributed by atoms with Gasteiger partial charge in [0.1, 0.15) is 0 Å². The molecule has 0 bridgehead atoms. The number of fused-ring (bicyclic) bond motifs is 5. The Kier molecular flexibility index (Phi) is 4.08. The lowest BCUT2D eigenvalue weighted by Crippen LogP contribution is -2.21. The largest absolute Gasteiger partial charge is 0.465 e. The summed E-state index contributed by atoms with van der Waals surface area (Å²) in [4.78, 5) is 38.1. The lowest BCUT2D eigenvalue weighted by atomic mass is 9.95. The highest BCUT2D eigenvalue weighted by Gasteiger charge is 2.32. The molecule has 0 N–H and O–H groups in total. The number of nitriles is 1. The van der Waals surface area contributed by atoms with Crippen molar-refractivity contribution >= 4 is 22.5 Å². The summed E-state index contributed by atoms with van der Waals surface area (Å²) in [5.74, 6) is -1.93. The van der Waals surface area contributed by atoms with Gasteiger partial charge in [-0.05, 0) is 18.6 Å². The molecule has 0 fully saturated rings. The Hall–Kier alpha value is -3.72. The number of pyridine rings is 1. The van der Waals surface area contributed by atoms with Gasteiger partial charge in [-0.15, -0.1) is 0 Å². The van der Waals surface area contributed by atoms with Crippen LogP contribution in [-0.4, -0.2) is 22.9 Å². The molecule has 3 aromatic rings. The quantitative estimate of drug-likeness (QED) is 0.516. The zero-order valence-corrected chi connectivity index (χ0v) is 15.4. The number of rotatable bonds is 3. The summed E-state index contributed by atoms with van der Waals surface area (Å²) in [5, 5.41) is 10.2. The van der Waals surface area contributed by atoms with E-state index in [2.05, 4.69) is 0 Å². The lowest BCUT2D eigenvalue weighted by molar-refractivity contribution is -0.143. The molecule has 138 valence electrons. The minimum atomic E-state index is -1.13. The second-order valence-electron chi connectivity index (χ2n) is 6.58. The van der Waals surface area contributed by atoms with Crippen molar-refractivity contribution in [3.63, 3.8) is 0 Å². The first-order valence-corrected chi connectivity index (χ1v) is 8.86. The topological polar surface area (TPSA) is 89.2 Å². The van der Waals surface area contributed by atoms with Crippen molar-refractivity contribution in [3.8, 4) is 17.3 Å². The van der Waals surface area contributed by atoms with Crippen molar-refractivity contribution in [2.24, 2.45) is 7.05 Å². The molecule has 1 heterocycles. The third-order valence-electron chi connectivity index (χ3n) is 5.06. The maximum Gasteiger partial charge on any atom is 0.327 e. The van der Waals surface area contributed by atoms with Crippen LogP contribution >= 0.6 is 0 Å². The van der Waals surface area contributed by atoms with Gasteiger partial charge in [0.05, 0.1) is 23.9 Å². The number of aromatic nitrogens is 1. The molecule has 0 spiro atoms. The first-order chi connectivity index (χ1) is 13.5. The Morgan fingerprint density at radius 2 is 1.86 bits per heavy atom. The van der Waals surface area contributed by atoms with Gasteiger partial charge < -0.3 is 9.30 Å². The van der Waals surface area contributed by atoms with Gasteiger partial charge in [0.2, 0.25) is 0 Å². The van der Waals surface area contributed by atoms with Crippen molar-refractivity contribution in [2.45, 2.75) is 12.8 Å². The summed E-state index contributed by atoms with van der Waals surface area (Å²) >= 11 is 0. The molecule has 6 heteroatoms. The molecule has 0 aliphatic heterocycles. The van der Waals surface area contributed by atoms with Gasteiger partial charge in [0.15, 0.2) is 11.7 Å². The van der Waals surface area contributed by atoms with Crippen LogP contribution < -0.4 is 5.56 Å². The maximum absolute atomic E-state index is 13.0. The molecule has 2 aromatic carbocycles. The zero-order chi connectivity index (χ0) is 20.0. The van der Waals surface area contributed by atoms with Gasteiger partial charge in [-0.25, -0.2) is 0 Å². The predicted octanol–water partition coefficient (Wildman–Crippen LogP) is 2.92. The average Bonchev–Trinajstić information content (AvgIpc) is 3.00. The van der Waals surface area contributed by atoms with E-state index in [1.54, 1.807) is 38.2 Å².